The molecule has 3 heteroatoms. The van der Waals surface area contributed by atoms with Crippen LogP contribution in [0.1, 0.15) is 30.9 Å². The van der Waals surface area contributed by atoms with Crippen LogP contribution in [0.25, 0.3) is 0 Å². The summed E-state index contributed by atoms with van der Waals surface area (Å²) < 4.78 is 1.11. The molecule has 0 bridgehead atoms. The molecule has 1 aromatic heterocycles. The van der Waals surface area contributed by atoms with Crippen molar-refractivity contribution in [1.29, 1.82) is 0 Å². The molecule has 0 fully saturated rings. The summed E-state index contributed by atoms with van der Waals surface area (Å²) in [6, 6.07) is 10.3. The maximum Gasteiger partial charge on any atom is 0.0684 e. The predicted octanol–water partition coefficient (Wildman–Crippen LogP) is 4.51. The second-order valence-electron chi connectivity index (χ2n) is 4.22. The summed E-state index contributed by atoms with van der Waals surface area (Å²) in [5.74, 6) is 0. The number of thiophene rings is 1. The summed E-state index contributed by atoms with van der Waals surface area (Å²) in [5.41, 5.74) is 8.66. The van der Waals surface area contributed by atoms with Gasteiger partial charge in [-0.05, 0) is 33.3 Å². The van der Waals surface area contributed by atoms with Gasteiger partial charge in [-0.1, -0.05) is 43.7 Å². The number of benzene rings is 1. The van der Waals surface area contributed by atoms with E-state index in [1.54, 1.807) is 11.3 Å². The van der Waals surface area contributed by atoms with E-state index in [0.29, 0.717) is 0 Å². The molecule has 1 unspecified atom stereocenters. The normalized spacial score (nSPS) is 14.5. The van der Waals surface area contributed by atoms with E-state index in [1.807, 2.05) is 18.2 Å². The molecule has 0 aliphatic rings. The molecule has 2 rings (SSSR count). The van der Waals surface area contributed by atoms with Gasteiger partial charge in [0.1, 0.15) is 0 Å². The van der Waals surface area contributed by atoms with Crippen LogP contribution in [0, 0.1) is 0 Å². The standard InChI is InChI=1S/C14H16BrNS/c1-2-8-14(16,11-6-4-3-5-7-11)12-9-17-10-13(12)15/h3-7,9-10H,2,8,16H2,1H3. The average Bonchev–Trinajstić information content (AvgIpc) is 2.77. The minimum absolute atomic E-state index is 0.380. The molecule has 1 atom stereocenters. The quantitative estimate of drug-likeness (QED) is 0.883. The third kappa shape index (κ3) is 2.46. The lowest BCUT2D eigenvalue weighted by Crippen LogP contribution is -2.37. The Bertz CT molecular complexity index is 480. The highest BCUT2D eigenvalue weighted by Crippen LogP contribution is 2.37. The molecular weight excluding hydrogens is 294 g/mol. The lowest BCUT2D eigenvalue weighted by atomic mass is 9.82. The molecule has 0 saturated heterocycles. The number of hydrogen-bond donors (Lipinski definition) is 1. The van der Waals surface area contributed by atoms with Gasteiger partial charge in [0.05, 0.1) is 5.54 Å². The molecule has 0 spiro atoms. The Morgan fingerprint density at radius 1 is 1.24 bits per heavy atom. The third-order valence-electron chi connectivity index (χ3n) is 3.03. The smallest absolute Gasteiger partial charge is 0.0684 e. The third-order valence-corrected chi connectivity index (χ3v) is 4.73. The van der Waals surface area contributed by atoms with Gasteiger partial charge in [0, 0.05) is 15.4 Å². The Kier molecular flexibility index (Phi) is 4.02. The van der Waals surface area contributed by atoms with Crippen LogP contribution in [0.15, 0.2) is 45.6 Å². The van der Waals surface area contributed by atoms with Crippen LogP contribution in [-0.4, -0.2) is 0 Å². The fourth-order valence-corrected chi connectivity index (χ4v) is 3.90. The first-order chi connectivity index (χ1) is 8.18. The van der Waals surface area contributed by atoms with Gasteiger partial charge < -0.3 is 5.73 Å². The zero-order chi connectivity index (χ0) is 12.3. The van der Waals surface area contributed by atoms with E-state index in [1.165, 1.54) is 11.1 Å². The highest BCUT2D eigenvalue weighted by molar-refractivity contribution is 9.10. The topological polar surface area (TPSA) is 26.0 Å². The highest BCUT2D eigenvalue weighted by atomic mass is 79.9. The number of rotatable bonds is 4. The van der Waals surface area contributed by atoms with Gasteiger partial charge in [0.2, 0.25) is 0 Å². The first-order valence-corrected chi connectivity index (χ1v) is 7.48. The van der Waals surface area contributed by atoms with Crippen LogP contribution in [0.5, 0.6) is 0 Å². The maximum atomic E-state index is 6.67. The Hall–Kier alpha value is -0.640. The van der Waals surface area contributed by atoms with Crippen molar-refractivity contribution < 1.29 is 0 Å². The number of hydrogen-bond acceptors (Lipinski definition) is 2. The lowest BCUT2D eigenvalue weighted by Gasteiger charge is -2.30. The van der Waals surface area contributed by atoms with Gasteiger partial charge in [-0.3, -0.25) is 0 Å². The van der Waals surface area contributed by atoms with Crippen molar-refractivity contribution in [2.24, 2.45) is 5.73 Å². The molecule has 0 aliphatic carbocycles. The average molecular weight is 310 g/mol. The lowest BCUT2D eigenvalue weighted by molar-refractivity contribution is 0.484. The van der Waals surface area contributed by atoms with Crippen LogP contribution in [-0.2, 0) is 5.54 Å². The van der Waals surface area contributed by atoms with Gasteiger partial charge in [-0.2, -0.15) is 11.3 Å². The fraction of sp³-hybridized carbons (Fsp3) is 0.286. The van der Waals surface area contributed by atoms with Gasteiger partial charge in [0.15, 0.2) is 0 Å². The van der Waals surface area contributed by atoms with Crippen molar-refractivity contribution in [1.82, 2.24) is 0 Å². The Morgan fingerprint density at radius 2 is 1.94 bits per heavy atom. The second kappa shape index (κ2) is 5.34. The molecule has 90 valence electrons. The zero-order valence-electron chi connectivity index (χ0n) is 9.82. The molecule has 0 saturated carbocycles. The van der Waals surface area contributed by atoms with Crippen molar-refractivity contribution in [3.8, 4) is 0 Å². The zero-order valence-corrected chi connectivity index (χ0v) is 12.2. The number of nitrogens with two attached hydrogens (primary N) is 1. The van der Waals surface area contributed by atoms with Gasteiger partial charge in [-0.25, -0.2) is 0 Å². The summed E-state index contributed by atoms with van der Waals surface area (Å²) >= 11 is 5.29. The molecule has 2 aromatic rings. The maximum absolute atomic E-state index is 6.67. The molecule has 2 N–H and O–H groups in total. The summed E-state index contributed by atoms with van der Waals surface area (Å²) in [7, 11) is 0. The van der Waals surface area contributed by atoms with E-state index < -0.39 is 0 Å². The first-order valence-electron chi connectivity index (χ1n) is 5.75. The number of halogens is 1. The van der Waals surface area contributed by atoms with Crippen molar-refractivity contribution in [2.45, 2.75) is 25.3 Å². The molecule has 1 aromatic carbocycles. The monoisotopic (exact) mass is 309 g/mol. The van der Waals surface area contributed by atoms with E-state index in [9.17, 15) is 0 Å². The van der Waals surface area contributed by atoms with Gasteiger partial charge in [-0.15, -0.1) is 0 Å². The molecule has 1 heterocycles. The molecule has 0 amide bonds. The van der Waals surface area contributed by atoms with Crippen LogP contribution in [0.4, 0.5) is 0 Å². The Balaban J connectivity index is 2.50. The predicted molar refractivity (Wildman–Crippen MR) is 78.3 cm³/mol. The largest absolute Gasteiger partial charge is 0.318 e. The van der Waals surface area contributed by atoms with Crippen molar-refractivity contribution in [3.05, 3.63) is 56.7 Å². The molecule has 17 heavy (non-hydrogen) atoms. The van der Waals surface area contributed by atoms with E-state index in [4.69, 9.17) is 5.73 Å². The fourth-order valence-electron chi connectivity index (χ4n) is 2.16. The highest BCUT2D eigenvalue weighted by Gasteiger charge is 2.30. The molecule has 0 radical (unpaired) electrons. The van der Waals surface area contributed by atoms with E-state index in [-0.39, 0.29) is 5.54 Å². The minimum atomic E-state index is -0.380. The van der Waals surface area contributed by atoms with Gasteiger partial charge >= 0.3 is 0 Å². The van der Waals surface area contributed by atoms with E-state index in [2.05, 4.69) is 45.7 Å². The van der Waals surface area contributed by atoms with Crippen LogP contribution in [0.3, 0.4) is 0 Å². The summed E-state index contributed by atoms with van der Waals surface area (Å²) in [6.07, 6.45) is 2.01. The molecule has 0 aliphatic heterocycles. The summed E-state index contributed by atoms with van der Waals surface area (Å²) in [5, 5.41) is 4.24. The summed E-state index contributed by atoms with van der Waals surface area (Å²) in [6.45, 7) is 2.17. The Labute approximate surface area is 115 Å². The van der Waals surface area contributed by atoms with Crippen molar-refractivity contribution >= 4 is 27.3 Å². The van der Waals surface area contributed by atoms with E-state index >= 15 is 0 Å². The SMILES string of the molecule is CCCC(N)(c1ccccc1)c1cscc1Br. The second-order valence-corrected chi connectivity index (χ2v) is 5.82. The van der Waals surface area contributed by atoms with Crippen molar-refractivity contribution in [3.63, 3.8) is 0 Å². The Morgan fingerprint density at radius 3 is 2.47 bits per heavy atom. The van der Waals surface area contributed by atoms with Crippen molar-refractivity contribution in [2.75, 3.05) is 0 Å². The van der Waals surface area contributed by atoms with E-state index in [0.717, 1.165) is 17.3 Å². The van der Waals surface area contributed by atoms with Gasteiger partial charge in [0.25, 0.3) is 0 Å². The van der Waals surface area contributed by atoms with Crippen LogP contribution in [0.2, 0.25) is 0 Å². The summed E-state index contributed by atoms with van der Waals surface area (Å²) in [4.78, 5) is 0. The van der Waals surface area contributed by atoms with Crippen LogP contribution >= 0.6 is 27.3 Å². The first kappa shape index (κ1) is 12.8. The molecule has 1 nitrogen and oxygen atoms in total. The van der Waals surface area contributed by atoms with Crippen LogP contribution < -0.4 is 5.73 Å². The minimum Gasteiger partial charge on any atom is -0.318 e. The molecular formula is C14H16BrNS.